The van der Waals surface area contributed by atoms with Crippen LogP contribution in [0.4, 0.5) is 15.1 Å². The molecule has 2 aliphatic rings. The number of allylic oxidation sites excluding steroid dienone is 4. The van der Waals surface area contributed by atoms with Crippen molar-refractivity contribution in [2.45, 2.75) is 52.1 Å². The zero-order valence-corrected chi connectivity index (χ0v) is 20.6. The zero-order chi connectivity index (χ0) is 23.2. The van der Waals surface area contributed by atoms with Gasteiger partial charge < -0.3 is 15.5 Å². The second kappa shape index (κ2) is 11.1. The van der Waals surface area contributed by atoms with Crippen LogP contribution in [-0.2, 0) is 6.54 Å². The number of nitrogens with zero attached hydrogens (tertiary/aromatic N) is 3. The van der Waals surface area contributed by atoms with Crippen molar-refractivity contribution in [2.24, 2.45) is 4.99 Å². The minimum absolute atomic E-state index is 0.354. The van der Waals surface area contributed by atoms with Crippen LogP contribution in [0.1, 0.15) is 55.8 Å². The average Bonchev–Trinajstić information content (AvgIpc) is 3.22. The first-order chi connectivity index (χ1) is 16.1. The molecule has 176 valence electrons. The van der Waals surface area contributed by atoms with Crippen molar-refractivity contribution in [1.82, 2.24) is 15.2 Å². The molecule has 0 spiro atoms. The van der Waals surface area contributed by atoms with Gasteiger partial charge in [-0.3, -0.25) is 4.99 Å². The number of alkyl halides is 1. The molecule has 33 heavy (non-hydrogen) atoms. The SMILES string of the molecule is C/C=C(\C=C/CF)CCC1CN(C2=NCc3ccccc3Nc3sc(C(C)C)nc32)CCN1. The normalized spacial score (nSPS) is 19.1. The van der Waals surface area contributed by atoms with Crippen LogP contribution in [0.15, 0.2) is 53.1 Å². The first kappa shape index (κ1) is 23.6. The Morgan fingerprint density at radius 3 is 2.97 bits per heavy atom. The van der Waals surface area contributed by atoms with Gasteiger partial charge in [-0.25, -0.2) is 9.37 Å². The topological polar surface area (TPSA) is 52.5 Å². The van der Waals surface area contributed by atoms with Gasteiger partial charge >= 0.3 is 0 Å². The van der Waals surface area contributed by atoms with E-state index in [1.807, 2.05) is 13.0 Å². The van der Waals surface area contributed by atoms with E-state index in [-0.39, 0.29) is 0 Å². The molecule has 0 amide bonds. The number of piperazine rings is 1. The van der Waals surface area contributed by atoms with Crippen molar-refractivity contribution in [2.75, 3.05) is 31.6 Å². The molecule has 1 unspecified atom stereocenters. The van der Waals surface area contributed by atoms with E-state index in [1.54, 1.807) is 17.4 Å². The number of thiazole rings is 1. The summed E-state index contributed by atoms with van der Waals surface area (Å²) in [7, 11) is 0. The number of fused-ring (bicyclic) bond motifs is 2. The highest BCUT2D eigenvalue weighted by molar-refractivity contribution is 7.16. The molecule has 2 N–H and O–H groups in total. The summed E-state index contributed by atoms with van der Waals surface area (Å²) in [6.45, 7) is 9.32. The second-order valence-corrected chi connectivity index (χ2v) is 9.89. The van der Waals surface area contributed by atoms with E-state index < -0.39 is 6.67 Å². The lowest BCUT2D eigenvalue weighted by Gasteiger charge is -2.36. The van der Waals surface area contributed by atoms with Crippen LogP contribution in [0.5, 0.6) is 0 Å². The third-order valence-corrected chi connectivity index (χ3v) is 7.41. The number of halogens is 1. The number of amidine groups is 1. The van der Waals surface area contributed by atoms with Crippen molar-refractivity contribution in [1.29, 1.82) is 0 Å². The molecule has 2 aliphatic heterocycles. The van der Waals surface area contributed by atoms with Crippen molar-refractivity contribution < 1.29 is 4.39 Å². The Morgan fingerprint density at radius 1 is 1.33 bits per heavy atom. The third-order valence-electron chi connectivity index (χ3n) is 6.14. The van der Waals surface area contributed by atoms with Crippen LogP contribution in [0.3, 0.4) is 0 Å². The average molecular weight is 468 g/mol. The van der Waals surface area contributed by atoms with E-state index in [0.717, 1.165) is 59.7 Å². The molecular formula is C26H34FN5S. The summed E-state index contributed by atoms with van der Waals surface area (Å²) in [6, 6.07) is 8.74. The molecular weight excluding hydrogens is 433 g/mol. The minimum Gasteiger partial charge on any atom is -0.352 e. The third kappa shape index (κ3) is 5.71. The summed E-state index contributed by atoms with van der Waals surface area (Å²) in [6.07, 6.45) is 7.49. The first-order valence-corrected chi connectivity index (χ1v) is 12.7. The number of benzene rings is 1. The molecule has 0 saturated carbocycles. The van der Waals surface area contributed by atoms with Gasteiger partial charge in [0.25, 0.3) is 0 Å². The lowest BCUT2D eigenvalue weighted by molar-refractivity contribution is 0.281. The summed E-state index contributed by atoms with van der Waals surface area (Å²) in [5.74, 6) is 1.36. The Balaban J connectivity index is 1.57. The Labute approximate surface area is 200 Å². The maximum absolute atomic E-state index is 12.5. The number of hydrogen-bond donors (Lipinski definition) is 2. The molecule has 1 aromatic carbocycles. The summed E-state index contributed by atoms with van der Waals surface area (Å²) < 4.78 is 12.5. The van der Waals surface area contributed by atoms with Gasteiger partial charge in [0.1, 0.15) is 17.4 Å². The maximum atomic E-state index is 12.5. The fourth-order valence-corrected chi connectivity index (χ4v) is 5.26. The van der Waals surface area contributed by atoms with Gasteiger partial charge in [-0.1, -0.05) is 55.8 Å². The lowest BCUT2D eigenvalue weighted by Crippen LogP contribution is -2.53. The van der Waals surface area contributed by atoms with E-state index in [0.29, 0.717) is 18.5 Å². The van der Waals surface area contributed by atoms with E-state index in [2.05, 4.69) is 59.7 Å². The fraction of sp³-hybridized carbons (Fsp3) is 0.462. The quantitative estimate of drug-likeness (QED) is 0.528. The molecule has 1 fully saturated rings. The van der Waals surface area contributed by atoms with Gasteiger partial charge in [0.15, 0.2) is 5.84 Å². The van der Waals surface area contributed by atoms with E-state index in [9.17, 15) is 4.39 Å². The minimum atomic E-state index is -0.419. The van der Waals surface area contributed by atoms with Crippen molar-refractivity contribution in [3.05, 3.63) is 64.3 Å². The fourth-order valence-electron chi connectivity index (χ4n) is 4.28. The molecule has 4 rings (SSSR count). The van der Waals surface area contributed by atoms with E-state index >= 15 is 0 Å². The molecule has 7 heteroatoms. The highest BCUT2D eigenvalue weighted by atomic mass is 32.1. The number of nitrogens with one attached hydrogen (secondary N) is 2. The zero-order valence-electron chi connectivity index (χ0n) is 19.8. The lowest BCUT2D eigenvalue weighted by atomic mass is 10.0. The highest BCUT2D eigenvalue weighted by Crippen LogP contribution is 2.35. The van der Waals surface area contributed by atoms with Crippen LogP contribution in [-0.4, -0.2) is 48.1 Å². The van der Waals surface area contributed by atoms with Crippen molar-refractivity contribution >= 4 is 27.9 Å². The van der Waals surface area contributed by atoms with E-state index in [1.165, 1.54) is 11.1 Å². The molecule has 1 aromatic heterocycles. The molecule has 1 atom stereocenters. The van der Waals surface area contributed by atoms with Gasteiger partial charge in [0.05, 0.1) is 11.6 Å². The van der Waals surface area contributed by atoms with Crippen LogP contribution < -0.4 is 10.6 Å². The highest BCUT2D eigenvalue weighted by Gasteiger charge is 2.28. The molecule has 0 bridgehead atoms. The molecule has 2 aromatic rings. The van der Waals surface area contributed by atoms with Crippen LogP contribution in [0, 0.1) is 0 Å². The Kier molecular flexibility index (Phi) is 7.93. The summed E-state index contributed by atoms with van der Waals surface area (Å²) >= 11 is 1.73. The van der Waals surface area contributed by atoms with Gasteiger partial charge in [0.2, 0.25) is 0 Å². The van der Waals surface area contributed by atoms with Crippen LogP contribution in [0.25, 0.3) is 0 Å². The standard InChI is InChI=1S/C26H34FN5S/c1-4-19(8-7-13-27)11-12-21-17-32(15-14-28-21)24-23-26(33-25(31-23)18(2)3)30-22-10-6-5-9-20(22)16-29-24/h4-10,18,21,28,30H,11-17H2,1-3H3/b8-7-,19-4+,29-24?. The van der Waals surface area contributed by atoms with Gasteiger partial charge in [-0.15, -0.1) is 11.3 Å². The largest absolute Gasteiger partial charge is 0.352 e. The second-order valence-electron chi connectivity index (χ2n) is 8.86. The monoisotopic (exact) mass is 467 g/mol. The van der Waals surface area contributed by atoms with Crippen molar-refractivity contribution in [3.8, 4) is 0 Å². The Morgan fingerprint density at radius 2 is 2.18 bits per heavy atom. The van der Waals surface area contributed by atoms with E-state index in [4.69, 9.17) is 9.98 Å². The summed E-state index contributed by atoms with van der Waals surface area (Å²) in [5, 5.41) is 9.52. The number of para-hydroxylation sites is 1. The smallest absolute Gasteiger partial charge is 0.153 e. The molecule has 5 nitrogen and oxygen atoms in total. The Hall–Kier alpha value is -2.51. The summed E-state index contributed by atoms with van der Waals surface area (Å²) in [4.78, 5) is 12.5. The molecule has 0 radical (unpaired) electrons. The first-order valence-electron chi connectivity index (χ1n) is 11.9. The van der Waals surface area contributed by atoms with Crippen LogP contribution >= 0.6 is 11.3 Å². The van der Waals surface area contributed by atoms with Gasteiger partial charge in [-0.2, -0.15) is 0 Å². The number of hydrogen-bond acceptors (Lipinski definition) is 6. The molecule has 3 heterocycles. The van der Waals surface area contributed by atoms with Gasteiger partial charge in [0, 0.05) is 37.3 Å². The molecule has 0 aliphatic carbocycles. The Bertz CT molecular complexity index is 1040. The summed E-state index contributed by atoms with van der Waals surface area (Å²) in [5.41, 5.74) is 4.46. The van der Waals surface area contributed by atoms with Gasteiger partial charge in [-0.05, 0) is 31.4 Å². The molecule has 1 saturated heterocycles. The number of aliphatic imine (C=N–C) groups is 1. The van der Waals surface area contributed by atoms with Crippen molar-refractivity contribution in [3.63, 3.8) is 0 Å². The maximum Gasteiger partial charge on any atom is 0.153 e. The van der Waals surface area contributed by atoms with Crippen LogP contribution in [0.2, 0.25) is 0 Å². The predicted octanol–water partition coefficient (Wildman–Crippen LogP) is 5.80. The number of aromatic nitrogens is 1. The number of rotatable bonds is 6. The predicted molar refractivity (Wildman–Crippen MR) is 138 cm³/mol. The number of anilines is 2.